The van der Waals surface area contributed by atoms with Gasteiger partial charge in [-0.2, -0.15) is 0 Å². The highest BCUT2D eigenvalue weighted by Crippen LogP contribution is 2.43. The second-order valence-corrected chi connectivity index (χ2v) is 17.1. The number of rotatable bonds is 7. The predicted molar refractivity (Wildman–Crippen MR) is 163 cm³/mol. The molecule has 7 nitrogen and oxygen atoms in total. The third-order valence-corrected chi connectivity index (χ3v) is 13.4. The maximum absolute atomic E-state index is 14.7. The number of amides is 2. The minimum Gasteiger partial charge on any atom is -0.497 e. The van der Waals surface area contributed by atoms with E-state index in [1.54, 1.807) is 19.1 Å². The Morgan fingerprint density at radius 1 is 0.829 bits per heavy atom. The molecule has 2 amide bonds. The summed E-state index contributed by atoms with van der Waals surface area (Å²) in [5, 5.41) is 0.0213. The molecule has 0 N–H and O–H groups in total. The highest BCUT2D eigenvalue weighted by atomic mass is 28.4. The standard InChI is InChI=1S/C33H40N2O5Si/c1-33(2,3)41(6,7)40-26-20-29-32(37)35(28-11-9-8-10-27(28)31(36)34(29)21-26)30(22-12-16-24(38-4)17-13-22)23-14-18-25(39-5)19-15-23/h8-19,26,29-30H,20-21H2,1-7H3/t26-,29-/m1/s1. The van der Waals surface area contributed by atoms with Crippen molar-refractivity contribution in [3.63, 3.8) is 0 Å². The van der Waals surface area contributed by atoms with E-state index in [1.165, 1.54) is 0 Å². The molecule has 216 valence electrons. The maximum Gasteiger partial charge on any atom is 0.256 e. The molecule has 3 aromatic rings. The average molecular weight is 573 g/mol. The van der Waals surface area contributed by atoms with Crippen LogP contribution in [0.4, 0.5) is 5.69 Å². The Hall–Kier alpha value is -3.62. The number of carbonyl (C=O) groups excluding carboxylic acids is 2. The van der Waals surface area contributed by atoms with Crippen LogP contribution in [0, 0.1) is 0 Å². The fourth-order valence-corrected chi connectivity index (χ4v) is 6.92. The van der Waals surface area contributed by atoms with Gasteiger partial charge in [0.25, 0.3) is 11.8 Å². The van der Waals surface area contributed by atoms with E-state index in [-0.39, 0.29) is 23.0 Å². The quantitative estimate of drug-likeness (QED) is 0.305. The number of hydrogen-bond acceptors (Lipinski definition) is 5. The molecule has 2 heterocycles. The molecule has 0 radical (unpaired) electrons. The summed E-state index contributed by atoms with van der Waals surface area (Å²) in [6.45, 7) is 11.4. The van der Waals surface area contributed by atoms with Crippen molar-refractivity contribution >= 4 is 25.8 Å². The lowest BCUT2D eigenvalue weighted by Crippen LogP contribution is -2.46. The molecule has 3 aromatic carbocycles. The summed E-state index contributed by atoms with van der Waals surface area (Å²) in [6, 6.07) is 21.8. The van der Waals surface area contributed by atoms with Gasteiger partial charge in [-0.3, -0.25) is 14.5 Å². The van der Waals surface area contributed by atoms with Crippen molar-refractivity contribution in [2.75, 3.05) is 25.7 Å². The second-order valence-electron chi connectivity index (χ2n) is 12.4. The van der Waals surface area contributed by atoms with Crippen molar-refractivity contribution in [1.29, 1.82) is 0 Å². The molecule has 0 aromatic heterocycles. The molecule has 8 heteroatoms. The normalized spacial score (nSPS) is 19.2. The number of fused-ring (bicyclic) bond motifs is 2. The van der Waals surface area contributed by atoms with Crippen LogP contribution >= 0.6 is 0 Å². The van der Waals surface area contributed by atoms with Crippen molar-refractivity contribution < 1.29 is 23.5 Å². The third kappa shape index (κ3) is 5.38. The number of benzene rings is 3. The number of methoxy groups -OCH3 is 2. The van der Waals surface area contributed by atoms with Gasteiger partial charge in [-0.15, -0.1) is 0 Å². The lowest BCUT2D eigenvalue weighted by atomic mass is 9.94. The van der Waals surface area contributed by atoms with Crippen molar-refractivity contribution in [1.82, 2.24) is 4.90 Å². The molecule has 0 aliphatic carbocycles. The van der Waals surface area contributed by atoms with Gasteiger partial charge in [-0.05, 0) is 65.7 Å². The van der Waals surface area contributed by atoms with Gasteiger partial charge >= 0.3 is 0 Å². The molecule has 0 unspecified atom stereocenters. The Kier molecular flexibility index (Phi) is 7.74. The van der Waals surface area contributed by atoms with Gasteiger partial charge in [0.2, 0.25) is 0 Å². The summed E-state index contributed by atoms with van der Waals surface area (Å²) in [5.41, 5.74) is 2.94. The largest absolute Gasteiger partial charge is 0.497 e. The van der Waals surface area contributed by atoms with Crippen LogP contribution in [0.15, 0.2) is 72.8 Å². The molecule has 1 saturated heterocycles. The Morgan fingerprint density at radius 3 is 1.88 bits per heavy atom. The van der Waals surface area contributed by atoms with E-state index in [9.17, 15) is 9.59 Å². The monoisotopic (exact) mass is 572 g/mol. The number of nitrogens with zero attached hydrogens (tertiary/aromatic N) is 2. The number of para-hydroxylation sites is 1. The van der Waals surface area contributed by atoms with Crippen LogP contribution in [0.1, 0.15) is 54.7 Å². The van der Waals surface area contributed by atoms with E-state index < -0.39 is 20.4 Å². The summed E-state index contributed by atoms with van der Waals surface area (Å²) in [7, 11) is 1.15. The SMILES string of the molecule is COc1ccc(C(c2ccc(OC)cc2)N2C(=O)[C@H]3C[C@@H](O[Si](C)(C)C(C)(C)C)CN3C(=O)c3ccccc32)cc1. The Labute approximate surface area is 244 Å². The fourth-order valence-electron chi connectivity index (χ4n) is 5.56. The summed E-state index contributed by atoms with van der Waals surface area (Å²) in [5.74, 6) is 1.22. The number of hydrogen-bond donors (Lipinski definition) is 0. The molecule has 41 heavy (non-hydrogen) atoms. The third-order valence-electron chi connectivity index (χ3n) is 8.83. The lowest BCUT2D eigenvalue weighted by Gasteiger charge is -2.38. The van der Waals surface area contributed by atoms with E-state index in [0.29, 0.717) is 24.2 Å². The van der Waals surface area contributed by atoms with Gasteiger partial charge in [0.05, 0.1) is 37.6 Å². The van der Waals surface area contributed by atoms with E-state index in [4.69, 9.17) is 13.9 Å². The molecule has 2 atom stereocenters. The van der Waals surface area contributed by atoms with Crippen LogP contribution in [0.25, 0.3) is 0 Å². The zero-order valence-corrected chi connectivity index (χ0v) is 26.0. The van der Waals surface area contributed by atoms with E-state index in [2.05, 4.69) is 33.9 Å². The number of anilines is 1. The van der Waals surface area contributed by atoms with Gasteiger partial charge in [-0.25, -0.2) is 0 Å². The van der Waals surface area contributed by atoms with E-state index >= 15 is 0 Å². The van der Waals surface area contributed by atoms with Gasteiger partial charge in [0, 0.05) is 13.0 Å². The average Bonchev–Trinajstić information content (AvgIpc) is 3.35. The minimum absolute atomic E-state index is 0.0213. The Balaban J connectivity index is 1.62. The lowest BCUT2D eigenvalue weighted by molar-refractivity contribution is -0.122. The molecular formula is C33H40N2O5Si. The fraction of sp³-hybridized carbons (Fsp3) is 0.394. The van der Waals surface area contributed by atoms with Gasteiger partial charge in [0.15, 0.2) is 8.32 Å². The summed E-state index contributed by atoms with van der Waals surface area (Å²) in [4.78, 5) is 32.3. The topological polar surface area (TPSA) is 68.3 Å². The molecule has 5 rings (SSSR count). The molecular weight excluding hydrogens is 532 g/mol. The second kappa shape index (κ2) is 11.0. The zero-order chi connectivity index (χ0) is 29.5. The molecule has 2 aliphatic rings. The van der Waals surface area contributed by atoms with Crippen LogP contribution in [0.5, 0.6) is 11.5 Å². The first-order valence-electron chi connectivity index (χ1n) is 14.1. The smallest absolute Gasteiger partial charge is 0.256 e. The molecule has 2 aliphatic heterocycles. The maximum atomic E-state index is 14.7. The molecule has 1 fully saturated rings. The predicted octanol–water partition coefficient (Wildman–Crippen LogP) is 6.44. The van der Waals surface area contributed by atoms with Gasteiger partial charge < -0.3 is 18.8 Å². The van der Waals surface area contributed by atoms with Crippen molar-refractivity contribution in [2.24, 2.45) is 0 Å². The van der Waals surface area contributed by atoms with Gasteiger partial charge in [0.1, 0.15) is 17.5 Å². The van der Waals surface area contributed by atoms with Crippen molar-refractivity contribution in [3.05, 3.63) is 89.5 Å². The highest BCUT2D eigenvalue weighted by molar-refractivity contribution is 6.74. The van der Waals surface area contributed by atoms with Crippen LogP contribution in [-0.2, 0) is 9.22 Å². The van der Waals surface area contributed by atoms with Crippen molar-refractivity contribution in [3.8, 4) is 11.5 Å². The Bertz CT molecular complexity index is 1370. The van der Waals surface area contributed by atoms with Crippen LogP contribution < -0.4 is 14.4 Å². The van der Waals surface area contributed by atoms with Crippen LogP contribution in [0.2, 0.25) is 18.1 Å². The van der Waals surface area contributed by atoms with E-state index in [1.807, 2.05) is 77.7 Å². The summed E-state index contributed by atoms with van der Waals surface area (Å²) >= 11 is 0. The molecule has 0 bridgehead atoms. The van der Waals surface area contributed by atoms with Gasteiger partial charge in [-0.1, -0.05) is 57.2 Å². The molecule has 0 saturated carbocycles. The highest BCUT2D eigenvalue weighted by Gasteiger charge is 2.50. The van der Waals surface area contributed by atoms with Crippen LogP contribution in [-0.4, -0.2) is 57.9 Å². The first kappa shape index (κ1) is 28.9. The summed E-state index contributed by atoms with van der Waals surface area (Å²) in [6.07, 6.45) is 0.279. The molecule has 0 spiro atoms. The summed E-state index contributed by atoms with van der Waals surface area (Å²) < 4.78 is 17.6. The van der Waals surface area contributed by atoms with Crippen molar-refractivity contribution in [2.45, 2.75) is 63.5 Å². The van der Waals surface area contributed by atoms with Crippen LogP contribution in [0.3, 0.4) is 0 Å². The number of ether oxygens (including phenoxy) is 2. The first-order chi connectivity index (χ1) is 19.4. The Morgan fingerprint density at radius 2 is 1.37 bits per heavy atom. The first-order valence-corrected chi connectivity index (χ1v) is 17.0. The number of carbonyl (C=O) groups is 2. The minimum atomic E-state index is -2.11. The van der Waals surface area contributed by atoms with E-state index in [0.717, 1.165) is 22.6 Å². The zero-order valence-electron chi connectivity index (χ0n) is 25.0.